The first-order valence-electron chi connectivity index (χ1n) is 9.02. The topological polar surface area (TPSA) is 66.5 Å². The molecule has 27 heavy (non-hydrogen) atoms. The van der Waals surface area contributed by atoms with Crippen molar-refractivity contribution in [3.63, 3.8) is 0 Å². The van der Waals surface area contributed by atoms with Crippen LogP contribution in [0.3, 0.4) is 0 Å². The molecule has 0 aliphatic rings. The van der Waals surface area contributed by atoms with Crippen molar-refractivity contribution in [1.29, 1.82) is 0 Å². The predicted molar refractivity (Wildman–Crippen MR) is 112 cm³/mol. The van der Waals surface area contributed by atoms with E-state index in [9.17, 15) is 13.2 Å². The van der Waals surface area contributed by atoms with Crippen LogP contribution in [0.1, 0.15) is 42.9 Å². The molecule has 0 bridgehead atoms. The fourth-order valence-corrected chi connectivity index (χ4v) is 4.09. The highest BCUT2D eigenvalue weighted by atomic mass is 32.2. The number of benzene rings is 2. The molecule has 0 spiro atoms. The number of nitrogens with one attached hydrogen (secondary N) is 1. The Labute approximate surface area is 162 Å². The van der Waals surface area contributed by atoms with Crippen molar-refractivity contribution in [3.8, 4) is 0 Å². The zero-order valence-electron chi connectivity index (χ0n) is 16.6. The average Bonchev–Trinajstić information content (AvgIpc) is 2.53. The van der Waals surface area contributed by atoms with E-state index >= 15 is 0 Å². The molecule has 0 fully saturated rings. The molecule has 2 aromatic rings. The van der Waals surface area contributed by atoms with Crippen molar-refractivity contribution in [2.75, 3.05) is 22.4 Å². The number of aryl methyl sites for hydroxylation is 2. The lowest BCUT2D eigenvalue weighted by Crippen LogP contribution is -2.33. The largest absolute Gasteiger partial charge is 0.326 e. The van der Waals surface area contributed by atoms with Crippen molar-refractivity contribution in [1.82, 2.24) is 0 Å². The third kappa shape index (κ3) is 5.82. The summed E-state index contributed by atoms with van der Waals surface area (Å²) in [5, 5.41) is 2.86. The number of amides is 1. The van der Waals surface area contributed by atoms with Gasteiger partial charge in [0.2, 0.25) is 15.9 Å². The lowest BCUT2D eigenvalue weighted by Gasteiger charge is -2.26. The highest BCUT2D eigenvalue weighted by molar-refractivity contribution is 7.92. The van der Waals surface area contributed by atoms with E-state index in [0.717, 1.165) is 22.4 Å². The summed E-state index contributed by atoms with van der Waals surface area (Å²) in [6.07, 6.45) is 1.25. The minimum absolute atomic E-state index is 0.0759. The Bertz CT molecular complexity index is 901. The zero-order chi connectivity index (χ0) is 20.2. The second-order valence-corrected chi connectivity index (χ2v) is 9.13. The van der Waals surface area contributed by atoms with Crippen molar-refractivity contribution < 1.29 is 13.2 Å². The Kier molecular flexibility index (Phi) is 6.65. The molecule has 2 rings (SSSR count). The Morgan fingerprint density at radius 3 is 2.22 bits per heavy atom. The number of nitrogens with zero attached hydrogens (tertiary/aromatic N) is 1. The summed E-state index contributed by atoms with van der Waals surface area (Å²) < 4.78 is 26.0. The average molecular weight is 389 g/mol. The van der Waals surface area contributed by atoms with E-state index in [1.54, 1.807) is 6.07 Å². The molecule has 6 heteroatoms. The van der Waals surface area contributed by atoms with Gasteiger partial charge in [-0.2, -0.15) is 0 Å². The molecule has 146 valence electrons. The van der Waals surface area contributed by atoms with E-state index in [2.05, 4.69) is 5.32 Å². The van der Waals surface area contributed by atoms with Crippen LogP contribution in [0.15, 0.2) is 42.5 Å². The number of hydrogen-bond acceptors (Lipinski definition) is 3. The Morgan fingerprint density at radius 1 is 1.07 bits per heavy atom. The van der Waals surface area contributed by atoms with Gasteiger partial charge >= 0.3 is 0 Å². The first kappa shape index (κ1) is 21.0. The maximum atomic E-state index is 12.4. The third-order valence-corrected chi connectivity index (χ3v) is 5.46. The fourth-order valence-electron chi connectivity index (χ4n) is 3.14. The lowest BCUT2D eigenvalue weighted by atomic mass is 10.0. The van der Waals surface area contributed by atoms with Crippen molar-refractivity contribution in [2.24, 2.45) is 0 Å². The van der Waals surface area contributed by atoms with E-state index in [0.29, 0.717) is 5.69 Å². The smallest absolute Gasteiger partial charge is 0.232 e. The Balaban J connectivity index is 2.17. The molecule has 0 atom stereocenters. The monoisotopic (exact) mass is 388 g/mol. The molecule has 0 aliphatic carbocycles. The molecule has 2 aromatic carbocycles. The van der Waals surface area contributed by atoms with Gasteiger partial charge in [-0.25, -0.2) is 8.42 Å². The van der Waals surface area contributed by atoms with Crippen LogP contribution in [-0.2, 0) is 14.8 Å². The molecule has 0 heterocycles. The zero-order valence-corrected chi connectivity index (χ0v) is 17.4. The van der Waals surface area contributed by atoms with Crippen molar-refractivity contribution in [2.45, 2.75) is 40.0 Å². The van der Waals surface area contributed by atoms with Gasteiger partial charge in [-0.15, -0.1) is 0 Å². The van der Waals surface area contributed by atoms with Gasteiger partial charge in [0.1, 0.15) is 0 Å². The molecular formula is C21H28N2O3S. The standard InChI is InChI=1S/C21H28N2O3S/c1-15(2)19-8-6-7-9-20(19)23(27(5,25)26)11-10-21(24)22-18-13-16(3)12-17(4)14-18/h6-9,12-15H,10-11H2,1-5H3,(H,22,24). The van der Waals surface area contributed by atoms with Crippen LogP contribution in [0, 0.1) is 13.8 Å². The molecule has 0 aromatic heterocycles. The van der Waals surface area contributed by atoms with E-state index in [1.165, 1.54) is 10.6 Å². The van der Waals surface area contributed by atoms with Gasteiger partial charge in [-0.1, -0.05) is 38.1 Å². The lowest BCUT2D eigenvalue weighted by molar-refractivity contribution is -0.116. The van der Waals surface area contributed by atoms with E-state index in [-0.39, 0.29) is 24.8 Å². The second-order valence-electron chi connectivity index (χ2n) is 7.22. The van der Waals surface area contributed by atoms with Gasteiger partial charge in [0.25, 0.3) is 0 Å². The summed E-state index contributed by atoms with van der Waals surface area (Å²) in [7, 11) is -3.50. The summed E-state index contributed by atoms with van der Waals surface area (Å²) in [6, 6.07) is 13.2. The normalized spacial score (nSPS) is 11.5. The molecule has 1 amide bonds. The first-order valence-corrected chi connectivity index (χ1v) is 10.9. The molecule has 0 saturated heterocycles. The van der Waals surface area contributed by atoms with Gasteiger partial charge in [0.15, 0.2) is 0 Å². The predicted octanol–water partition coefficient (Wildman–Crippen LogP) is 4.22. The number of para-hydroxylation sites is 1. The molecule has 0 saturated carbocycles. The number of carbonyl (C=O) groups excluding carboxylic acids is 1. The first-order chi connectivity index (χ1) is 12.6. The maximum Gasteiger partial charge on any atom is 0.232 e. The van der Waals surface area contributed by atoms with Crippen LogP contribution in [-0.4, -0.2) is 27.1 Å². The highest BCUT2D eigenvalue weighted by Gasteiger charge is 2.22. The summed E-state index contributed by atoms with van der Waals surface area (Å²) in [4.78, 5) is 12.4. The molecule has 1 N–H and O–H groups in total. The van der Waals surface area contributed by atoms with E-state index in [1.807, 2.05) is 64.1 Å². The maximum absolute atomic E-state index is 12.4. The third-order valence-electron chi connectivity index (χ3n) is 4.28. The second kappa shape index (κ2) is 8.57. The van der Waals surface area contributed by atoms with Crippen molar-refractivity contribution >= 4 is 27.3 Å². The van der Waals surface area contributed by atoms with Gasteiger partial charge in [-0.3, -0.25) is 9.10 Å². The van der Waals surface area contributed by atoms with Crippen LogP contribution in [0.2, 0.25) is 0 Å². The van der Waals surface area contributed by atoms with Gasteiger partial charge < -0.3 is 5.32 Å². The molecule has 0 radical (unpaired) electrons. The highest BCUT2D eigenvalue weighted by Crippen LogP contribution is 2.29. The summed E-state index contributed by atoms with van der Waals surface area (Å²) in [5.74, 6) is -0.0368. The minimum Gasteiger partial charge on any atom is -0.326 e. The number of rotatable bonds is 7. The Hall–Kier alpha value is -2.34. The van der Waals surface area contributed by atoms with Gasteiger partial charge in [-0.05, 0) is 54.7 Å². The van der Waals surface area contributed by atoms with Gasteiger partial charge in [0.05, 0.1) is 11.9 Å². The van der Waals surface area contributed by atoms with E-state index < -0.39 is 10.0 Å². The number of sulfonamides is 1. The van der Waals surface area contributed by atoms with Crippen molar-refractivity contribution in [3.05, 3.63) is 59.2 Å². The molecule has 5 nitrogen and oxygen atoms in total. The fraction of sp³-hybridized carbons (Fsp3) is 0.381. The molecule has 0 aliphatic heterocycles. The number of anilines is 2. The number of carbonyl (C=O) groups is 1. The number of hydrogen-bond donors (Lipinski definition) is 1. The van der Waals surface area contributed by atoms with Gasteiger partial charge in [0, 0.05) is 18.7 Å². The molecule has 0 unspecified atom stereocenters. The van der Waals surface area contributed by atoms with Crippen LogP contribution >= 0.6 is 0 Å². The van der Waals surface area contributed by atoms with Crippen LogP contribution in [0.25, 0.3) is 0 Å². The summed E-state index contributed by atoms with van der Waals surface area (Å²) in [5.41, 5.74) is 4.43. The van der Waals surface area contributed by atoms with Crippen LogP contribution < -0.4 is 9.62 Å². The van der Waals surface area contributed by atoms with Crippen LogP contribution in [0.4, 0.5) is 11.4 Å². The van der Waals surface area contributed by atoms with Crippen LogP contribution in [0.5, 0.6) is 0 Å². The molecular weight excluding hydrogens is 360 g/mol. The van der Waals surface area contributed by atoms with E-state index in [4.69, 9.17) is 0 Å². The Morgan fingerprint density at radius 2 is 1.67 bits per heavy atom. The SMILES string of the molecule is Cc1cc(C)cc(NC(=O)CCN(c2ccccc2C(C)C)S(C)(=O)=O)c1. The quantitative estimate of drug-likeness (QED) is 0.772. The summed E-state index contributed by atoms with van der Waals surface area (Å²) in [6.45, 7) is 8.07. The minimum atomic E-state index is -3.50. The summed E-state index contributed by atoms with van der Waals surface area (Å²) >= 11 is 0.